The summed E-state index contributed by atoms with van der Waals surface area (Å²) in [5.74, 6) is -4.11. The lowest BCUT2D eigenvalue weighted by molar-refractivity contribution is -0.138. The van der Waals surface area contributed by atoms with E-state index in [1.165, 1.54) is 0 Å². The maximum Gasteiger partial charge on any atom is 0.418 e. The molecular weight excluding hydrogens is 554 g/mol. The third kappa shape index (κ3) is 4.25. The van der Waals surface area contributed by atoms with Crippen molar-refractivity contribution in [3.63, 3.8) is 0 Å². The predicted molar refractivity (Wildman–Crippen MR) is 114 cm³/mol. The molecule has 0 spiro atoms. The molecule has 38 heavy (non-hydrogen) atoms. The standard InChI is InChI=1S/C21H11F8N5O3S/c22-10-7-30-18(31-8-10)16-11-4-15(33-17(11)13(23)5-12(16)21(27,28)29)38(35,36)34-1-2-37-14-3-9(20(24,25)26)6-32-19(14)34/h3-8,33H,1-2H2. The lowest BCUT2D eigenvalue weighted by Gasteiger charge is -2.29. The summed E-state index contributed by atoms with van der Waals surface area (Å²) >= 11 is 0. The summed E-state index contributed by atoms with van der Waals surface area (Å²) in [5.41, 5.74) is -4.22. The highest BCUT2D eigenvalue weighted by molar-refractivity contribution is 7.92. The summed E-state index contributed by atoms with van der Waals surface area (Å²) < 4.78 is 141. The smallest absolute Gasteiger partial charge is 0.418 e. The summed E-state index contributed by atoms with van der Waals surface area (Å²) in [4.78, 5) is 12.8. The van der Waals surface area contributed by atoms with Gasteiger partial charge in [0.2, 0.25) is 0 Å². The second kappa shape index (κ2) is 8.50. The Labute approximate surface area is 207 Å². The van der Waals surface area contributed by atoms with Gasteiger partial charge in [0, 0.05) is 17.1 Å². The summed E-state index contributed by atoms with van der Waals surface area (Å²) in [7, 11) is -4.75. The number of sulfonamides is 1. The average Bonchev–Trinajstić information content (AvgIpc) is 3.30. The molecule has 1 aromatic carbocycles. The Morgan fingerprint density at radius 3 is 2.24 bits per heavy atom. The Hall–Kier alpha value is -4.02. The Morgan fingerprint density at radius 1 is 0.921 bits per heavy atom. The third-order valence-corrected chi connectivity index (χ3v) is 7.22. The summed E-state index contributed by atoms with van der Waals surface area (Å²) in [6.07, 6.45) is -8.39. The Kier molecular flexibility index (Phi) is 5.73. The monoisotopic (exact) mass is 565 g/mol. The van der Waals surface area contributed by atoms with Gasteiger partial charge >= 0.3 is 12.4 Å². The highest BCUT2D eigenvalue weighted by Crippen LogP contribution is 2.43. The molecule has 0 bridgehead atoms. The van der Waals surface area contributed by atoms with Crippen molar-refractivity contribution >= 4 is 26.7 Å². The molecule has 4 aromatic rings. The van der Waals surface area contributed by atoms with Crippen LogP contribution in [0.5, 0.6) is 5.75 Å². The number of alkyl halides is 6. The van der Waals surface area contributed by atoms with Gasteiger partial charge in [-0.05, 0) is 18.2 Å². The third-order valence-electron chi connectivity index (χ3n) is 5.51. The first-order valence-corrected chi connectivity index (χ1v) is 11.7. The molecule has 0 atom stereocenters. The number of ether oxygens (including phenoxy) is 1. The van der Waals surface area contributed by atoms with E-state index in [1.807, 2.05) is 0 Å². The molecule has 17 heteroatoms. The van der Waals surface area contributed by atoms with Crippen LogP contribution in [0.15, 0.2) is 41.8 Å². The molecule has 0 unspecified atom stereocenters. The molecule has 4 heterocycles. The highest BCUT2D eigenvalue weighted by atomic mass is 32.2. The van der Waals surface area contributed by atoms with E-state index in [-0.39, 0.29) is 12.7 Å². The van der Waals surface area contributed by atoms with E-state index >= 15 is 0 Å². The number of halogens is 8. The number of rotatable bonds is 3. The van der Waals surface area contributed by atoms with Crippen molar-refractivity contribution in [2.24, 2.45) is 0 Å². The number of aromatic amines is 1. The van der Waals surface area contributed by atoms with Crippen molar-refractivity contribution in [1.29, 1.82) is 0 Å². The second-order valence-corrected chi connectivity index (χ2v) is 9.73. The normalized spacial score (nSPS) is 14.5. The maximum absolute atomic E-state index is 14.8. The first kappa shape index (κ1) is 25.6. The fourth-order valence-electron chi connectivity index (χ4n) is 3.86. The average molecular weight is 565 g/mol. The lowest BCUT2D eigenvalue weighted by Crippen LogP contribution is -2.38. The van der Waals surface area contributed by atoms with Gasteiger partial charge in [0.05, 0.1) is 35.6 Å². The molecule has 0 fully saturated rings. The molecule has 0 saturated carbocycles. The number of benzene rings is 1. The minimum atomic E-state index is -5.14. The zero-order chi connectivity index (χ0) is 27.6. The van der Waals surface area contributed by atoms with Crippen molar-refractivity contribution in [2.45, 2.75) is 17.4 Å². The van der Waals surface area contributed by atoms with E-state index in [1.54, 1.807) is 0 Å². The molecule has 1 N–H and O–H groups in total. The van der Waals surface area contributed by atoms with Crippen LogP contribution in [0, 0.1) is 11.6 Å². The SMILES string of the molecule is O=S(=O)(c1cc2c(-c3ncc(F)cn3)c(C(F)(F)F)cc(F)c2[nH]1)N1CCOc2cc(C(F)(F)F)cnc21. The maximum atomic E-state index is 14.8. The van der Waals surface area contributed by atoms with Crippen molar-refractivity contribution < 1.29 is 48.3 Å². The predicted octanol–water partition coefficient (Wildman–Crippen LogP) is 4.92. The van der Waals surface area contributed by atoms with E-state index in [2.05, 4.69) is 19.9 Å². The van der Waals surface area contributed by atoms with Gasteiger partial charge in [0.15, 0.2) is 28.2 Å². The fourth-order valence-corrected chi connectivity index (χ4v) is 5.27. The molecule has 8 nitrogen and oxygen atoms in total. The molecule has 1 aliphatic rings. The number of nitrogens with zero attached hydrogens (tertiary/aromatic N) is 4. The minimum absolute atomic E-state index is 0.113. The Morgan fingerprint density at radius 2 is 1.61 bits per heavy atom. The zero-order valence-electron chi connectivity index (χ0n) is 18.3. The Bertz CT molecular complexity index is 1670. The number of aromatic nitrogens is 4. The number of H-pyrrole nitrogens is 1. The van der Waals surface area contributed by atoms with Crippen molar-refractivity contribution in [1.82, 2.24) is 19.9 Å². The van der Waals surface area contributed by atoms with Crippen LogP contribution < -0.4 is 9.04 Å². The number of hydrogen-bond acceptors (Lipinski definition) is 6. The number of fused-ring (bicyclic) bond motifs is 2. The summed E-state index contributed by atoms with van der Waals surface area (Å²) in [6, 6.07) is 1.36. The first-order valence-electron chi connectivity index (χ1n) is 10.3. The van der Waals surface area contributed by atoms with Gasteiger partial charge in [-0.15, -0.1) is 0 Å². The van der Waals surface area contributed by atoms with Crippen LogP contribution in [0.3, 0.4) is 0 Å². The van der Waals surface area contributed by atoms with Crippen LogP contribution in [0.4, 0.5) is 40.9 Å². The fraction of sp³-hybridized carbons (Fsp3) is 0.190. The van der Waals surface area contributed by atoms with Crippen LogP contribution in [-0.2, 0) is 22.4 Å². The van der Waals surface area contributed by atoms with Crippen LogP contribution in [0.25, 0.3) is 22.3 Å². The van der Waals surface area contributed by atoms with Gasteiger partial charge in [-0.2, -0.15) is 34.8 Å². The van der Waals surface area contributed by atoms with Gasteiger partial charge in [0.25, 0.3) is 10.0 Å². The van der Waals surface area contributed by atoms with E-state index in [9.17, 15) is 43.5 Å². The van der Waals surface area contributed by atoms with Gasteiger partial charge < -0.3 is 9.72 Å². The molecule has 1 aliphatic heterocycles. The molecular formula is C21H11F8N5O3S. The number of anilines is 1. The quantitative estimate of drug-likeness (QED) is 0.354. The molecule has 5 rings (SSSR count). The lowest BCUT2D eigenvalue weighted by atomic mass is 10.0. The number of hydrogen-bond donors (Lipinski definition) is 1. The van der Waals surface area contributed by atoms with Crippen molar-refractivity contribution in [3.05, 3.63) is 59.6 Å². The topological polar surface area (TPSA) is 101 Å². The summed E-state index contributed by atoms with van der Waals surface area (Å²) in [5, 5.41) is -1.39. The van der Waals surface area contributed by atoms with Crippen LogP contribution in [0.2, 0.25) is 0 Å². The van der Waals surface area contributed by atoms with Crippen LogP contribution in [0.1, 0.15) is 11.1 Å². The van der Waals surface area contributed by atoms with Gasteiger partial charge in [-0.25, -0.2) is 28.0 Å². The molecule has 0 radical (unpaired) electrons. The van der Waals surface area contributed by atoms with Crippen LogP contribution >= 0.6 is 0 Å². The van der Waals surface area contributed by atoms with Crippen LogP contribution in [-0.4, -0.2) is 41.5 Å². The highest BCUT2D eigenvalue weighted by Gasteiger charge is 2.39. The number of nitrogens with one attached hydrogen (secondary N) is 1. The minimum Gasteiger partial charge on any atom is -0.488 e. The van der Waals surface area contributed by atoms with Gasteiger partial charge in [-0.3, -0.25) is 0 Å². The van der Waals surface area contributed by atoms with E-state index < -0.39 is 90.6 Å². The Balaban J connectivity index is 1.69. The largest absolute Gasteiger partial charge is 0.488 e. The molecule has 0 amide bonds. The number of pyridine rings is 1. The van der Waals surface area contributed by atoms with E-state index in [0.29, 0.717) is 35.0 Å². The van der Waals surface area contributed by atoms with E-state index in [0.717, 1.165) is 0 Å². The first-order chi connectivity index (χ1) is 17.7. The molecule has 3 aromatic heterocycles. The zero-order valence-corrected chi connectivity index (χ0v) is 19.1. The van der Waals surface area contributed by atoms with Crippen molar-refractivity contribution in [3.8, 4) is 17.1 Å². The van der Waals surface area contributed by atoms with Crippen molar-refractivity contribution in [2.75, 3.05) is 17.5 Å². The molecule has 0 aliphatic carbocycles. The van der Waals surface area contributed by atoms with E-state index in [4.69, 9.17) is 4.74 Å². The second-order valence-electron chi connectivity index (χ2n) is 7.89. The van der Waals surface area contributed by atoms with Gasteiger partial charge in [0.1, 0.15) is 12.4 Å². The summed E-state index contributed by atoms with van der Waals surface area (Å²) in [6.45, 7) is -0.802. The molecule has 0 saturated heterocycles. The van der Waals surface area contributed by atoms with Gasteiger partial charge in [-0.1, -0.05) is 0 Å². The molecule has 200 valence electrons.